The Balaban J connectivity index is 1.99. The molecule has 28 heavy (non-hydrogen) atoms. The van der Waals surface area contributed by atoms with Crippen LogP contribution in [0, 0.1) is 0 Å². The molecule has 3 aromatic rings. The highest BCUT2D eigenvalue weighted by Gasteiger charge is 2.20. The van der Waals surface area contributed by atoms with Crippen LogP contribution in [-0.2, 0) is 12.0 Å². The maximum absolute atomic E-state index is 12.1. The van der Waals surface area contributed by atoms with Crippen molar-refractivity contribution in [1.82, 2.24) is 19.6 Å². The smallest absolute Gasteiger partial charge is 0.347 e. The lowest BCUT2D eigenvalue weighted by molar-refractivity contribution is 0.324. The molecule has 0 saturated heterocycles. The minimum Gasteiger partial charge on any atom is -0.493 e. The number of anilines is 1. The Morgan fingerprint density at radius 1 is 1.11 bits per heavy atom. The van der Waals surface area contributed by atoms with Crippen molar-refractivity contribution in [3.8, 4) is 17.2 Å². The van der Waals surface area contributed by atoms with E-state index in [0.29, 0.717) is 35.3 Å². The molecule has 0 amide bonds. The first kappa shape index (κ1) is 19.5. The molecule has 150 valence electrons. The summed E-state index contributed by atoms with van der Waals surface area (Å²) in [5.74, 6) is 2.18. The van der Waals surface area contributed by atoms with Gasteiger partial charge in [-0.2, -0.15) is 0 Å². The Morgan fingerprint density at radius 2 is 1.75 bits per heavy atom. The van der Waals surface area contributed by atoms with Crippen LogP contribution in [0.3, 0.4) is 0 Å². The largest absolute Gasteiger partial charge is 0.493 e. The van der Waals surface area contributed by atoms with Crippen LogP contribution >= 0.6 is 0 Å². The summed E-state index contributed by atoms with van der Waals surface area (Å²) in [7, 11) is 4.71. The van der Waals surface area contributed by atoms with E-state index in [4.69, 9.17) is 14.2 Å². The van der Waals surface area contributed by atoms with Crippen molar-refractivity contribution in [2.45, 2.75) is 32.7 Å². The second kappa shape index (κ2) is 7.41. The number of ether oxygens (including phenoxy) is 3. The summed E-state index contributed by atoms with van der Waals surface area (Å²) >= 11 is 0. The van der Waals surface area contributed by atoms with Crippen LogP contribution in [0.2, 0.25) is 0 Å². The first-order valence-corrected chi connectivity index (χ1v) is 8.79. The molecular formula is C19H25N5O4. The van der Waals surface area contributed by atoms with Crippen LogP contribution in [0.1, 0.15) is 32.0 Å². The van der Waals surface area contributed by atoms with Gasteiger partial charge in [-0.25, -0.2) is 19.3 Å². The Bertz CT molecular complexity index is 1020. The van der Waals surface area contributed by atoms with Crippen molar-refractivity contribution in [3.63, 3.8) is 0 Å². The highest BCUT2D eigenvalue weighted by molar-refractivity contribution is 5.63. The van der Waals surface area contributed by atoms with Crippen LogP contribution in [0.15, 0.2) is 23.1 Å². The van der Waals surface area contributed by atoms with Gasteiger partial charge in [-0.3, -0.25) is 0 Å². The lowest BCUT2D eigenvalue weighted by Crippen LogP contribution is -2.19. The van der Waals surface area contributed by atoms with Gasteiger partial charge in [0.05, 0.1) is 27.0 Å². The van der Waals surface area contributed by atoms with Crippen molar-refractivity contribution in [2.75, 3.05) is 26.6 Å². The van der Waals surface area contributed by atoms with E-state index in [0.717, 1.165) is 11.3 Å². The number of methoxy groups -OCH3 is 3. The van der Waals surface area contributed by atoms with Crippen molar-refractivity contribution >= 4 is 11.5 Å². The topological polar surface area (TPSA) is 103 Å². The second-order valence-electron chi connectivity index (χ2n) is 7.33. The lowest BCUT2D eigenvalue weighted by Gasteiger charge is -2.19. The molecule has 0 radical (unpaired) electrons. The third kappa shape index (κ3) is 3.60. The molecule has 0 saturated carbocycles. The monoisotopic (exact) mass is 387 g/mol. The SMILES string of the molecule is COc1cc(CNc2nc(C(C)(C)C)cn3c(=O)[nH]nc23)cc(OC)c1OC. The quantitative estimate of drug-likeness (QED) is 0.669. The highest BCUT2D eigenvalue weighted by atomic mass is 16.5. The standard InChI is InChI=1S/C19H25N5O4/c1-19(2,3)14-10-24-17(22-23-18(24)25)16(21-14)20-9-11-7-12(26-4)15(28-6)13(8-11)27-5/h7-8,10H,9H2,1-6H3,(H,20,21)(H,23,25). The number of nitrogens with one attached hydrogen (secondary N) is 2. The number of benzene rings is 1. The van der Waals surface area contributed by atoms with Crippen molar-refractivity contribution in [1.29, 1.82) is 0 Å². The average molecular weight is 387 g/mol. The van der Waals surface area contributed by atoms with Gasteiger partial charge >= 0.3 is 5.69 Å². The highest BCUT2D eigenvalue weighted by Crippen LogP contribution is 2.38. The Morgan fingerprint density at radius 3 is 2.29 bits per heavy atom. The van der Waals surface area contributed by atoms with Crippen LogP contribution in [0.25, 0.3) is 5.65 Å². The third-order valence-corrected chi connectivity index (χ3v) is 4.35. The lowest BCUT2D eigenvalue weighted by atomic mass is 9.93. The summed E-state index contributed by atoms with van der Waals surface area (Å²) in [4.78, 5) is 16.7. The molecule has 0 spiro atoms. The Labute approximate surface area is 162 Å². The molecule has 0 fully saturated rings. The van der Waals surface area contributed by atoms with E-state index in [2.05, 4.69) is 20.5 Å². The van der Waals surface area contributed by atoms with Gasteiger partial charge in [0.1, 0.15) is 0 Å². The molecule has 2 N–H and O–H groups in total. The molecule has 0 bridgehead atoms. The van der Waals surface area contributed by atoms with Crippen molar-refractivity contribution < 1.29 is 14.2 Å². The van der Waals surface area contributed by atoms with Gasteiger partial charge in [0.2, 0.25) is 11.4 Å². The van der Waals surface area contributed by atoms with Gasteiger partial charge < -0.3 is 19.5 Å². The molecule has 3 rings (SSSR count). The van der Waals surface area contributed by atoms with Crippen molar-refractivity contribution in [3.05, 3.63) is 40.1 Å². The third-order valence-electron chi connectivity index (χ3n) is 4.35. The zero-order chi connectivity index (χ0) is 20.5. The molecule has 0 unspecified atom stereocenters. The fraction of sp³-hybridized carbons (Fsp3) is 0.421. The van der Waals surface area contributed by atoms with E-state index in [-0.39, 0.29) is 11.1 Å². The van der Waals surface area contributed by atoms with Crippen LogP contribution in [-0.4, -0.2) is 40.9 Å². The molecule has 0 aliphatic heterocycles. The summed E-state index contributed by atoms with van der Waals surface area (Å²) in [6, 6.07) is 3.71. The number of aromatic nitrogens is 4. The Kier molecular flexibility index (Phi) is 5.17. The van der Waals surface area contributed by atoms with Crippen LogP contribution in [0.4, 0.5) is 5.82 Å². The molecule has 1 aromatic carbocycles. The number of H-pyrrole nitrogens is 1. The average Bonchev–Trinajstić information content (AvgIpc) is 3.05. The summed E-state index contributed by atoms with van der Waals surface area (Å²) in [6.45, 7) is 6.54. The van der Waals surface area contributed by atoms with E-state index in [1.54, 1.807) is 27.5 Å². The minimum absolute atomic E-state index is 0.228. The van der Waals surface area contributed by atoms with E-state index >= 15 is 0 Å². The van der Waals surface area contributed by atoms with Gasteiger partial charge in [-0.05, 0) is 17.7 Å². The number of nitrogens with zero attached hydrogens (tertiary/aromatic N) is 3. The normalized spacial score (nSPS) is 11.5. The zero-order valence-electron chi connectivity index (χ0n) is 16.9. The van der Waals surface area contributed by atoms with Gasteiger partial charge in [-0.1, -0.05) is 20.8 Å². The van der Waals surface area contributed by atoms with Crippen LogP contribution < -0.4 is 25.2 Å². The second-order valence-corrected chi connectivity index (χ2v) is 7.33. The fourth-order valence-corrected chi connectivity index (χ4v) is 2.82. The first-order chi connectivity index (χ1) is 13.3. The van der Waals surface area contributed by atoms with E-state index in [9.17, 15) is 4.79 Å². The summed E-state index contributed by atoms with van der Waals surface area (Å²) in [5.41, 5.74) is 1.57. The number of rotatable bonds is 6. The van der Waals surface area contributed by atoms with Gasteiger partial charge in [0.15, 0.2) is 17.3 Å². The number of aromatic amines is 1. The number of hydrogen-bond acceptors (Lipinski definition) is 7. The predicted octanol–water partition coefficient (Wildman–Crippen LogP) is 2.35. The summed E-state index contributed by atoms with van der Waals surface area (Å²) in [6.07, 6.45) is 1.71. The molecule has 0 atom stereocenters. The van der Waals surface area contributed by atoms with Crippen LogP contribution in [0.5, 0.6) is 17.2 Å². The molecule has 0 aliphatic rings. The number of fused-ring (bicyclic) bond motifs is 1. The maximum atomic E-state index is 12.1. The zero-order valence-corrected chi connectivity index (χ0v) is 16.9. The fourth-order valence-electron chi connectivity index (χ4n) is 2.82. The molecule has 9 nitrogen and oxygen atoms in total. The summed E-state index contributed by atoms with van der Waals surface area (Å²) in [5, 5.41) is 9.81. The molecule has 0 aliphatic carbocycles. The van der Waals surface area contributed by atoms with Gasteiger partial charge in [0.25, 0.3) is 0 Å². The van der Waals surface area contributed by atoms with Crippen molar-refractivity contribution in [2.24, 2.45) is 0 Å². The summed E-state index contributed by atoms with van der Waals surface area (Å²) < 4.78 is 17.6. The Hall–Kier alpha value is -3.23. The van der Waals surface area contributed by atoms with Gasteiger partial charge in [-0.15, -0.1) is 5.10 Å². The maximum Gasteiger partial charge on any atom is 0.347 e. The molecule has 2 heterocycles. The minimum atomic E-state index is -0.307. The van der Waals surface area contributed by atoms with Gasteiger partial charge in [0, 0.05) is 18.2 Å². The molecule has 2 aromatic heterocycles. The number of hydrogen-bond donors (Lipinski definition) is 2. The van der Waals surface area contributed by atoms with E-state index in [1.807, 2.05) is 32.9 Å². The first-order valence-electron chi connectivity index (χ1n) is 8.79. The predicted molar refractivity (Wildman–Crippen MR) is 106 cm³/mol. The van der Waals surface area contributed by atoms with E-state index in [1.165, 1.54) is 4.40 Å². The molecular weight excluding hydrogens is 362 g/mol. The molecule has 9 heteroatoms. The van der Waals surface area contributed by atoms with E-state index < -0.39 is 0 Å².